The van der Waals surface area contributed by atoms with Crippen LogP contribution in [-0.2, 0) is 14.4 Å². The van der Waals surface area contributed by atoms with Crippen molar-refractivity contribution in [1.29, 1.82) is 0 Å². The Bertz CT molecular complexity index is 802. The highest BCUT2D eigenvalue weighted by molar-refractivity contribution is 5.96. The highest BCUT2D eigenvalue weighted by atomic mass is 16.6. The molecule has 1 rings (SSSR count). The lowest BCUT2D eigenvalue weighted by atomic mass is 10.1. The number of ketones is 2. The molecule has 0 aliphatic rings. The van der Waals surface area contributed by atoms with E-state index in [2.05, 4.69) is 5.32 Å². The maximum absolute atomic E-state index is 11.5. The Morgan fingerprint density at radius 3 is 2.22 bits per heavy atom. The van der Waals surface area contributed by atoms with Crippen molar-refractivity contribution in [3.8, 4) is 11.5 Å². The van der Waals surface area contributed by atoms with Crippen molar-refractivity contribution in [2.45, 2.75) is 53.1 Å². The van der Waals surface area contributed by atoms with Crippen LogP contribution in [0.5, 0.6) is 11.5 Å². The third kappa shape index (κ3) is 11.8. The lowest BCUT2D eigenvalue weighted by molar-refractivity contribution is -0.386. The molecular weight excluding hydrogens is 420 g/mol. The molecule has 2 N–H and O–H groups in total. The lowest BCUT2D eigenvalue weighted by Crippen LogP contribution is -2.24. The molecule has 0 aliphatic carbocycles. The zero-order valence-electron chi connectivity index (χ0n) is 19.2. The zero-order chi connectivity index (χ0) is 24.7. The van der Waals surface area contributed by atoms with E-state index in [1.54, 1.807) is 0 Å². The van der Waals surface area contributed by atoms with Crippen LogP contribution in [0.1, 0.15) is 58.6 Å². The average Bonchev–Trinajstić information content (AvgIpc) is 2.73. The first-order valence-corrected chi connectivity index (χ1v) is 10.2. The molecule has 32 heavy (non-hydrogen) atoms. The van der Waals surface area contributed by atoms with Gasteiger partial charge in [0.25, 0.3) is 5.69 Å². The van der Waals surface area contributed by atoms with E-state index < -0.39 is 11.0 Å². The van der Waals surface area contributed by atoms with E-state index in [4.69, 9.17) is 9.47 Å². The minimum atomic E-state index is -1.00. The normalized spacial score (nSPS) is 11.2. The summed E-state index contributed by atoms with van der Waals surface area (Å²) in [6, 6.07) is 2.63. The first kappa shape index (κ1) is 28.7. The molecule has 0 aromatic heterocycles. The number of hydrogen-bond donors (Lipinski definition) is 2. The summed E-state index contributed by atoms with van der Waals surface area (Å²) < 4.78 is 10.7. The number of amides is 1. The standard InChI is InChI=1S/C16H24N2O6.C6H8O2/c1-4-7-17-16(20)6-5-8-24-15-10-13(18(21)22)12(11(2)19)9-14(15)23-3;1-5(7)3-4-6(2)8/h9-11,19H,4-8H2,1-3H3,(H,17,20);3-4H,1-2H3/b;4-3-. The summed E-state index contributed by atoms with van der Waals surface area (Å²) in [7, 11) is 1.41. The van der Waals surface area contributed by atoms with Gasteiger partial charge >= 0.3 is 0 Å². The van der Waals surface area contributed by atoms with E-state index in [-0.39, 0.29) is 41.1 Å². The number of allylic oxidation sites excluding steroid dienone is 2. The van der Waals surface area contributed by atoms with E-state index in [0.29, 0.717) is 25.1 Å². The predicted octanol–water partition coefficient (Wildman–Crippen LogP) is 3.06. The fourth-order valence-electron chi connectivity index (χ4n) is 2.33. The van der Waals surface area contributed by atoms with Gasteiger partial charge in [-0.1, -0.05) is 6.92 Å². The Morgan fingerprint density at radius 2 is 1.78 bits per heavy atom. The van der Waals surface area contributed by atoms with Crippen molar-refractivity contribution in [2.24, 2.45) is 0 Å². The van der Waals surface area contributed by atoms with Gasteiger partial charge in [-0.15, -0.1) is 0 Å². The Balaban J connectivity index is 0.00000102. The fourth-order valence-corrected chi connectivity index (χ4v) is 2.33. The predicted molar refractivity (Wildman–Crippen MR) is 119 cm³/mol. The van der Waals surface area contributed by atoms with Crippen LogP contribution in [0.3, 0.4) is 0 Å². The Kier molecular flexibility index (Phi) is 13.9. The van der Waals surface area contributed by atoms with Gasteiger partial charge in [0, 0.05) is 13.0 Å². The molecular formula is C22H32N2O8. The highest BCUT2D eigenvalue weighted by Crippen LogP contribution is 2.37. The molecule has 1 aromatic rings. The van der Waals surface area contributed by atoms with Crippen LogP contribution in [0.2, 0.25) is 0 Å². The molecule has 10 nitrogen and oxygen atoms in total. The number of hydrogen-bond acceptors (Lipinski definition) is 8. The van der Waals surface area contributed by atoms with Crippen LogP contribution < -0.4 is 14.8 Å². The molecule has 178 valence electrons. The summed E-state index contributed by atoms with van der Waals surface area (Å²) in [5.41, 5.74) is -0.0790. The largest absolute Gasteiger partial charge is 0.493 e. The SMILES string of the molecule is CC(=O)/C=C\C(C)=O.CCCNC(=O)CCCOc1cc([N+](=O)[O-])c(C(C)O)cc1OC. The molecule has 0 bridgehead atoms. The van der Waals surface area contributed by atoms with E-state index in [0.717, 1.165) is 6.42 Å². The number of carbonyl (C=O) groups excluding carboxylic acids is 3. The minimum absolute atomic E-state index is 0.0529. The van der Waals surface area contributed by atoms with Crippen LogP contribution in [0.4, 0.5) is 5.69 Å². The maximum Gasteiger partial charge on any atom is 0.279 e. The third-order valence-electron chi connectivity index (χ3n) is 3.89. The first-order chi connectivity index (χ1) is 15.0. The van der Waals surface area contributed by atoms with E-state index in [9.17, 15) is 29.6 Å². The number of rotatable bonds is 12. The number of aliphatic hydroxyl groups is 1. The number of aliphatic hydroxyl groups excluding tert-OH is 1. The summed E-state index contributed by atoms with van der Waals surface area (Å²) in [5.74, 6) is 0.262. The topological polar surface area (TPSA) is 145 Å². The first-order valence-electron chi connectivity index (χ1n) is 10.2. The van der Waals surface area contributed by atoms with Crippen molar-refractivity contribution < 1.29 is 33.9 Å². The highest BCUT2D eigenvalue weighted by Gasteiger charge is 2.22. The zero-order valence-corrected chi connectivity index (χ0v) is 19.2. The second-order valence-electron chi connectivity index (χ2n) is 6.85. The van der Waals surface area contributed by atoms with Crippen molar-refractivity contribution in [3.63, 3.8) is 0 Å². The molecule has 0 saturated heterocycles. The summed E-state index contributed by atoms with van der Waals surface area (Å²) in [6.07, 6.45) is 3.17. The van der Waals surface area contributed by atoms with Crippen molar-refractivity contribution in [3.05, 3.63) is 40.0 Å². The van der Waals surface area contributed by atoms with Crippen LogP contribution >= 0.6 is 0 Å². The van der Waals surface area contributed by atoms with Gasteiger partial charge < -0.3 is 19.9 Å². The van der Waals surface area contributed by atoms with Gasteiger partial charge in [0.15, 0.2) is 23.1 Å². The number of carbonyl (C=O) groups is 3. The van der Waals surface area contributed by atoms with Crippen molar-refractivity contribution in [2.75, 3.05) is 20.3 Å². The summed E-state index contributed by atoms with van der Waals surface area (Å²) >= 11 is 0. The van der Waals surface area contributed by atoms with Crippen LogP contribution in [-0.4, -0.2) is 47.8 Å². The van der Waals surface area contributed by atoms with Crippen LogP contribution in [0.25, 0.3) is 0 Å². The number of ether oxygens (including phenoxy) is 2. The van der Waals surface area contributed by atoms with Gasteiger partial charge in [-0.2, -0.15) is 0 Å². The van der Waals surface area contributed by atoms with E-state index in [1.165, 1.54) is 52.2 Å². The Morgan fingerprint density at radius 1 is 1.19 bits per heavy atom. The second-order valence-corrected chi connectivity index (χ2v) is 6.85. The number of nitro groups is 1. The van der Waals surface area contributed by atoms with Gasteiger partial charge in [0.1, 0.15) is 0 Å². The molecule has 1 amide bonds. The molecule has 1 aromatic carbocycles. The Hall–Kier alpha value is -3.27. The number of nitrogens with one attached hydrogen (secondary N) is 1. The lowest BCUT2D eigenvalue weighted by Gasteiger charge is -2.14. The molecule has 10 heteroatoms. The molecule has 0 aliphatic heterocycles. The van der Waals surface area contributed by atoms with Crippen molar-refractivity contribution in [1.82, 2.24) is 5.32 Å². The van der Waals surface area contributed by atoms with Crippen LogP contribution in [0, 0.1) is 10.1 Å². The van der Waals surface area contributed by atoms with Gasteiger partial charge in [0.05, 0.1) is 36.4 Å². The van der Waals surface area contributed by atoms with E-state index >= 15 is 0 Å². The summed E-state index contributed by atoms with van der Waals surface area (Å²) in [5, 5.41) is 23.6. The van der Waals surface area contributed by atoms with Gasteiger partial charge in [-0.3, -0.25) is 24.5 Å². The van der Waals surface area contributed by atoms with Crippen molar-refractivity contribution >= 4 is 23.2 Å². The Labute approximate surface area is 187 Å². The van der Waals surface area contributed by atoms with Gasteiger partial charge in [-0.05, 0) is 51.8 Å². The molecule has 1 atom stereocenters. The quantitative estimate of drug-likeness (QED) is 0.213. The summed E-state index contributed by atoms with van der Waals surface area (Å²) in [6.45, 7) is 7.08. The molecule has 0 fully saturated rings. The molecule has 0 heterocycles. The van der Waals surface area contributed by atoms with Gasteiger partial charge in [0.2, 0.25) is 5.91 Å². The smallest absolute Gasteiger partial charge is 0.279 e. The third-order valence-corrected chi connectivity index (χ3v) is 3.89. The number of nitrogens with zero attached hydrogens (tertiary/aromatic N) is 1. The maximum atomic E-state index is 11.5. The fraction of sp³-hybridized carbons (Fsp3) is 0.500. The molecule has 1 unspecified atom stereocenters. The number of benzene rings is 1. The average molecular weight is 453 g/mol. The van der Waals surface area contributed by atoms with E-state index in [1.807, 2.05) is 6.92 Å². The molecule has 0 spiro atoms. The molecule has 0 saturated carbocycles. The number of methoxy groups -OCH3 is 1. The molecule has 0 radical (unpaired) electrons. The summed E-state index contributed by atoms with van der Waals surface area (Å²) in [4.78, 5) is 42.3. The van der Waals surface area contributed by atoms with Gasteiger partial charge in [-0.25, -0.2) is 0 Å². The monoisotopic (exact) mass is 452 g/mol. The second kappa shape index (κ2) is 15.5. The van der Waals surface area contributed by atoms with Crippen LogP contribution in [0.15, 0.2) is 24.3 Å². The minimum Gasteiger partial charge on any atom is -0.493 e. The number of nitro benzene ring substituents is 1.